The number of allylic oxidation sites excluding steroid dienone is 1. The van der Waals surface area contributed by atoms with E-state index in [1.807, 2.05) is 0 Å². The first-order chi connectivity index (χ1) is 4.95. The van der Waals surface area contributed by atoms with E-state index in [1.165, 1.54) is 24.4 Å². The Morgan fingerprint density at radius 1 is 1.60 bits per heavy atom. The van der Waals surface area contributed by atoms with Gasteiger partial charge in [0.05, 0.1) is 6.04 Å². The third-order valence-corrected chi connectivity index (χ3v) is 2.59. The zero-order valence-electron chi connectivity index (χ0n) is 5.80. The van der Waals surface area contributed by atoms with E-state index in [4.69, 9.17) is 0 Å². The van der Waals surface area contributed by atoms with Crippen LogP contribution in [-0.4, -0.2) is 24.0 Å². The van der Waals surface area contributed by atoms with Crippen molar-refractivity contribution in [3.63, 3.8) is 0 Å². The molecule has 1 fully saturated rings. The summed E-state index contributed by atoms with van der Waals surface area (Å²) < 4.78 is 0. The molecule has 1 saturated heterocycles. The monoisotopic (exact) mass is 134 g/mol. The molecule has 0 spiro atoms. The van der Waals surface area contributed by atoms with Crippen LogP contribution in [0.1, 0.15) is 6.42 Å². The van der Waals surface area contributed by atoms with Gasteiger partial charge in [0.15, 0.2) is 0 Å². The van der Waals surface area contributed by atoms with Crippen molar-refractivity contribution >= 4 is 0 Å². The van der Waals surface area contributed by atoms with Gasteiger partial charge in [-0.15, -0.1) is 0 Å². The summed E-state index contributed by atoms with van der Waals surface area (Å²) in [7, 11) is 0. The molecule has 2 heterocycles. The maximum absolute atomic E-state index is 3.40. The average molecular weight is 134 g/mol. The first kappa shape index (κ1) is 4.83. The van der Waals surface area contributed by atoms with E-state index in [0.29, 0.717) is 6.04 Å². The lowest BCUT2D eigenvalue weighted by Crippen LogP contribution is -2.25. The van der Waals surface area contributed by atoms with Gasteiger partial charge in [0.2, 0.25) is 0 Å². The summed E-state index contributed by atoms with van der Waals surface area (Å²) in [4.78, 5) is 2.47. The van der Waals surface area contributed by atoms with Gasteiger partial charge in [0.25, 0.3) is 0 Å². The van der Waals surface area contributed by atoms with Gasteiger partial charge in [-0.25, -0.2) is 0 Å². The van der Waals surface area contributed by atoms with Crippen molar-refractivity contribution in [2.75, 3.05) is 13.1 Å². The third kappa shape index (κ3) is 0.385. The van der Waals surface area contributed by atoms with Gasteiger partial charge >= 0.3 is 0 Å². The summed E-state index contributed by atoms with van der Waals surface area (Å²) >= 11 is 0. The minimum absolute atomic E-state index is 0.708. The quantitative estimate of drug-likeness (QED) is 0.517. The predicted molar refractivity (Wildman–Crippen MR) is 39.3 cm³/mol. The molecule has 10 heavy (non-hydrogen) atoms. The zero-order chi connectivity index (χ0) is 6.55. The Labute approximate surface area is 60.2 Å². The molecule has 0 radical (unpaired) electrons. The van der Waals surface area contributed by atoms with Crippen LogP contribution in [0.5, 0.6) is 0 Å². The van der Waals surface area contributed by atoms with Crippen LogP contribution in [0, 0.1) is 0 Å². The van der Waals surface area contributed by atoms with Gasteiger partial charge in [0.1, 0.15) is 5.82 Å². The topological polar surface area (TPSA) is 15.3 Å². The molecule has 1 unspecified atom stereocenters. The second-order valence-corrected chi connectivity index (χ2v) is 3.12. The van der Waals surface area contributed by atoms with Crippen LogP contribution in [0.2, 0.25) is 0 Å². The standard InChI is InChI=1S/C8H10N2/c1-2-7-5-6(1)8-9-3-4-10(7)8/h1-2,7,9H,3-5H2. The molecule has 0 aromatic carbocycles. The van der Waals surface area contributed by atoms with E-state index in [9.17, 15) is 0 Å². The van der Waals surface area contributed by atoms with Crippen LogP contribution in [0.4, 0.5) is 0 Å². The van der Waals surface area contributed by atoms with Gasteiger partial charge in [0, 0.05) is 13.1 Å². The van der Waals surface area contributed by atoms with Crippen LogP contribution in [0.3, 0.4) is 0 Å². The highest BCUT2D eigenvalue weighted by atomic mass is 15.3. The van der Waals surface area contributed by atoms with Gasteiger partial charge in [-0.3, -0.25) is 0 Å². The van der Waals surface area contributed by atoms with Crippen LogP contribution in [0.25, 0.3) is 0 Å². The summed E-state index contributed by atoms with van der Waals surface area (Å²) in [5.74, 6) is 1.41. The molecule has 0 saturated carbocycles. The summed E-state index contributed by atoms with van der Waals surface area (Å²) in [5.41, 5.74) is 1.52. The minimum Gasteiger partial charge on any atom is -0.370 e. The second kappa shape index (κ2) is 1.39. The molecule has 2 bridgehead atoms. The molecular formula is C8H10N2. The Kier molecular flexibility index (Phi) is 0.670. The van der Waals surface area contributed by atoms with Crippen molar-refractivity contribution in [1.29, 1.82) is 0 Å². The van der Waals surface area contributed by atoms with Gasteiger partial charge in [-0.05, 0) is 12.0 Å². The predicted octanol–water partition coefficient (Wildman–Crippen LogP) is 0.445. The maximum Gasteiger partial charge on any atom is 0.105 e. The lowest BCUT2D eigenvalue weighted by atomic mass is 10.2. The lowest BCUT2D eigenvalue weighted by molar-refractivity contribution is 0.365. The highest BCUT2D eigenvalue weighted by molar-refractivity contribution is 5.40. The minimum atomic E-state index is 0.708. The summed E-state index contributed by atoms with van der Waals surface area (Å²) in [5, 5.41) is 3.40. The molecule has 0 amide bonds. The zero-order valence-corrected chi connectivity index (χ0v) is 5.80. The highest BCUT2D eigenvalue weighted by Gasteiger charge is 2.35. The Hall–Kier alpha value is -0.920. The van der Waals surface area contributed by atoms with E-state index >= 15 is 0 Å². The first-order valence-corrected chi connectivity index (χ1v) is 3.87. The number of hydrogen-bond acceptors (Lipinski definition) is 2. The van der Waals surface area contributed by atoms with Crippen LogP contribution in [0.15, 0.2) is 23.5 Å². The fourth-order valence-corrected chi connectivity index (χ4v) is 2.12. The van der Waals surface area contributed by atoms with E-state index < -0.39 is 0 Å². The van der Waals surface area contributed by atoms with Crippen molar-refractivity contribution in [1.82, 2.24) is 10.2 Å². The van der Waals surface area contributed by atoms with Crippen molar-refractivity contribution in [2.24, 2.45) is 0 Å². The van der Waals surface area contributed by atoms with Gasteiger partial charge in [-0.1, -0.05) is 12.2 Å². The van der Waals surface area contributed by atoms with Crippen molar-refractivity contribution < 1.29 is 0 Å². The van der Waals surface area contributed by atoms with Crippen molar-refractivity contribution in [2.45, 2.75) is 12.5 Å². The molecule has 2 heteroatoms. The highest BCUT2D eigenvalue weighted by Crippen LogP contribution is 2.35. The smallest absolute Gasteiger partial charge is 0.105 e. The SMILES string of the molecule is C1=CC2CC1=C1NCCN12. The molecule has 3 rings (SSSR count). The number of hydrogen-bond donors (Lipinski definition) is 1. The lowest BCUT2D eigenvalue weighted by Gasteiger charge is -2.20. The van der Waals surface area contributed by atoms with Crippen LogP contribution in [-0.2, 0) is 0 Å². The van der Waals surface area contributed by atoms with E-state index in [-0.39, 0.29) is 0 Å². The van der Waals surface area contributed by atoms with Gasteiger partial charge < -0.3 is 10.2 Å². The molecular weight excluding hydrogens is 124 g/mol. The second-order valence-electron chi connectivity index (χ2n) is 3.12. The first-order valence-electron chi connectivity index (χ1n) is 3.87. The fourth-order valence-electron chi connectivity index (χ4n) is 2.12. The molecule has 3 aliphatic rings. The van der Waals surface area contributed by atoms with Crippen LogP contribution < -0.4 is 5.32 Å². The molecule has 1 atom stereocenters. The number of nitrogens with one attached hydrogen (secondary N) is 1. The molecule has 52 valence electrons. The van der Waals surface area contributed by atoms with E-state index in [2.05, 4.69) is 22.4 Å². The number of nitrogens with zero attached hydrogens (tertiary/aromatic N) is 1. The Bertz CT molecular complexity index is 240. The van der Waals surface area contributed by atoms with Crippen molar-refractivity contribution in [3.8, 4) is 0 Å². The van der Waals surface area contributed by atoms with E-state index in [0.717, 1.165) is 6.54 Å². The molecule has 1 N–H and O–H groups in total. The summed E-state index contributed by atoms with van der Waals surface area (Å²) in [6.07, 6.45) is 5.82. The molecule has 0 aromatic rings. The van der Waals surface area contributed by atoms with E-state index in [1.54, 1.807) is 0 Å². The van der Waals surface area contributed by atoms with Crippen LogP contribution >= 0.6 is 0 Å². The third-order valence-electron chi connectivity index (χ3n) is 2.59. The normalized spacial score (nSPS) is 33.6. The summed E-state index contributed by atoms with van der Waals surface area (Å²) in [6, 6.07) is 0.708. The van der Waals surface area contributed by atoms with Crippen molar-refractivity contribution in [3.05, 3.63) is 23.5 Å². The van der Waals surface area contributed by atoms with Gasteiger partial charge in [-0.2, -0.15) is 0 Å². The molecule has 2 aliphatic heterocycles. The average Bonchev–Trinajstić information content (AvgIpc) is 2.60. The number of rotatable bonds is 0. The fraction of sp³-hybridized carbons (Fsp3) is 0.500. The largest absolute Gasteiger partial charge is 0.370 e. The number of fused-ring (bicyclic) bond motifs is 4. The molecule has 1 aliphatic carbocycles. The Balaban J connectivity index is 2.15. The Morgan fingerprint density at radius 3 is 3.50 bits per heavy atom. The molecule has 2 nitrogen and oxygen atoms in total. The molecule has 0 aromatic heterocycles. The Morgan fingerprint density at radius 2 is 2.60 bits per heavy atom. The maximum atomic E-state index is 3.40. The summed E-state index contributed by atoms with van der Waals surface area (Å²) in [6.45, 7) is 2.34.